The number of carbonyl (C=O) groups excluding carboxylic acids is 2. The lowest BCUT2D eigenvalue weighted by molar-refractivity contribution is -0.140. The normalized spacial score (nSPS) is 12.2. The monoisotopic (exact) mass is 535 g/mol. The SMILES string of the molecule is CC[C@H](C(=O)NC(C)C)N(Cc1cccc(C)c1)C(=O)CN(c1ccc(C)cc1)S(=O)(=O)c1ccccc1. The highest BCUT2D eigenvalue weighted by Gasteiger charge is 2.33. The van der Waals surface area contributed by atoms with Crippen LogP contribution in [0.1, 0.15) is 43.9 Å². The number of hydrogen-bond donors (Lipinski definition) is 1. The molecule has 0 aliphatic rings. The number of anilines is 1. The summed E-state index contributed by atoms with van der Waals surface area (Å²) >= 11 is 0. The second-order valence-corrected chi connectivity index (χ2v) is 11.6. The summed E-state index contributed by atoms with van der Waals surface area (Å²) in [5.74, 6) is -0.728. The van der Waals surface area contributed by atoms with Gasteiger partial charge >= 0.3 is 0 Å². The third-order valence-electron chi connectivity index (χ3n) is 6.18. The standard InChI is InChI=1S/C30H37N3O4S/c1-6-28(30(35)31-22(2)3)32(20-25-12-10-11-24(5)19-25)29(34)21-33(26-17-15-23(4)16-18-26)38(36,37)27-13-8-7-9-14-27/h7-19,22,28H,6,20-21H2,1-5H3,(H,31,35)/t28-/m1/s1. The Morgan fingerprint density at radius 3 is 2.11 bits per heavy atom. The van der Waals surface area contributed by atoms with Gasteiger partial charge in [-0.05, 0) is 63.9 Å². The fourth-order valence-corrected chi connectivity index (χ4v) is 5.70. The minimum absolute atomic E-state index is 0.0863. The summed E-state index contributed by atoms with van der Waals surface area (Å²) in [4.78, 5) is 28.7. The highest BCUT2D eigenvalue weighted by molar-refractivity contribution is 7.92. The number of aryl methyl sites for hydroxylation is 2. The van der Waals surface area contributed by atoms with E-state index in [-0.39, 0.29) is 23.4 Å². The minimum Gasteiger partial charge on any atom is -0.352 e. The molecule has 0 saturated carbocycles. The minimum atomic E-state index is -4.06. The summed E-state index contributed by atoms with van der Waals surface area (Å²) in [6.45, 7) is 9.18. The molecule has 1 N–H and O–H groups in total. The average molecular weight is 536 g/mol. The molecule has 202 valence electrons. The van der Waals surface area contributed by atoms with E-state index in [4.69, 9.17) is 0 Å². The molecule has 8 heteroatoms. The number of nitrogens with one attached hydrogen (secondary N) is 1. The van der Waals surface area contributed by atoms with Crippen LogP contribution in [0.3, 0.4) is 0 Å². The third kappa shape index (κ3) is 7.22. The molecule has 0 aromatic heterocycles. The fourth-order valence-electron chi connectivity index (χ4n) is 4.27. The van der Waals surface area contributed by atoms with Crippen molar-refractivity contribution in [3.8, 4) is 0 Å². The van der Waals surface area contributed by atoms with Gasteiger partial charge in [0.05, 0.1) is 10.6 Å². The highest BCUT2D eigenvalue weighted by Crippen LogP contribution is 2.25. The number of amides is 2. The first-order valence-electron chi connectivity index (χ1n) is 12.8. The summed E-state index contributed by atoms with van der Waals surface area (Å²) in [7, 11) is -4.06. The van der Waals surface area contributed by atoms with Crippen molar-refractivity contribution in [3.05, 3.63) is 95.6 Å². The van der Waals surface area contributed by atoms with E-state index >= 15 is 0 Å². The zero-order valence-corrected chi connectivity index (χ0v) is 23.5. The number of benzene rings is 3. The zero-order valence-electron chi connectivity index (χ0n) is 22.7. The number of hydrogen-bond acceptors (Lipinski definition) is 4. The molecule has 3 aromatic carbocycles. The van der Waals surface area contributed by atoms with Crippen molar-refractivity contribution in [2.24, 2.45) is 0 Å². The number of sulfonamides is 1. The second-order valence-electron chi connectivity index (χ2n) is 9.76. The van der Waals surface area contributed by atoms with Gasteiger partial charge in [-0.2, -0.15) is 0 Å². The predicted molar refractivity (Wildman–Crippen MR) is 151 cm³/mol. The van der Waals surface area contributed by atoms with Crippen molar-refractivity contribution in [2.45, 2.75) is 64.6 Å². The number of rotatable bonds is 11. The maximum absolute atomic E-state index is 14.0. The van der Waals surface area contributed by atoms with E-state index in [1.807, 2.05) is 71.0 Å². The second kappa shape index (κ2) is 12.7. The summed E-state index contributed by atoms with van der Waals surface area (Å²) in [6, 6.07) is 21.9. The molecule has 2 amide bonds. The van der Waals surface area contributed by atoms with Gasteiger partial charge in [-0.1, -0.05) is 72.6 Å². The van der Waals surface area contributed by atoms with Crippen LogP contribution in [-0.2, 0) is 26.2 Å². The van der Waals surface area contributed by atoms with Crippen LogP contribution in [0.25, 0.3) is 0 Å². The van der Waals surface area contributed by atoms with Crippen molar-refractivity contribution in [3.63, 3.8) is 0 Å². The Bertz CT molecular complexity index is 1340. The average Bonchev–Trinajstić information content (AvgIpc) is 2.87. The van der Waals surface area contributed by atoms with E-state index in [0.717, 1.165) is 21.0 Å². The van der Waals surface area contributed by atoms with E-state index in [1.54, 1.807) is 30.3 Å². The van der Waals surface area contributed by atoms with Gasteiger partial charge in [-0.15, -0.1) is 0 Å². The van der Waals surface area contributed by atoms with Crippen molar-refractivity contribution < 1.29 is 18.0 Å². The zero-order chi connectivity index (χ0) is 27.9. The molecule has 0 aliphatic heterocycles. The van der Waals surface area contributed by atoms with Crippen molar-refractivity contribution in [2.75, 3.05) is 10.8 Å². The molecule has 0 saturated heterocycles. The Balaban J connectivity index is 2.05. The molecule has 0 unspecified atom stereocenters. The summed E-state index contributed by atoms with van der Waals surface area (Å²) in [5.41, 5.74) is 3.24. The number of nitrogens with zero attached hydrogens (tertiary/aromatic N) is 2. The Kier molecular flexibility index (Phi) is 9.69. The van der Waals surface area contributed by atoms with Crippen LogP contribution in [0, 0.1) is 13.8 Å². The molecule has 1 atom stereocenters. The molecule has 0 radical (unpaired) electrons. The van der Waals surface area contributed by atoms with E-state index in [0.29, 0.717) is 12.1 Å². The Morgan fingerprint density at radius 1 is 0.868 bits per heavy atom. The topological polar surface area (TPSA) is 86.8 Å². The number of carbonyl (C=O) groups is 2. The van der Waals surface area contributed by atoms with Crippen LogP contribution < -0.4 is 9.62 Å². The summed E-state index contributed by atoms with van der Waals surface area (Å²) in [5, 5.41) is 2.91. The molecule has 0 bridgehead atoms. The largest absolute Gasteiger partial charge is 0.352 e. The van der Waals surface area contributed by atoms with E-state index in [9.17, 15) is 18.0 Å². The van der Waals surface area contributed by atoms with Crippen LogP contribution in [-0.4, -0.2) is 43.8 Å². The van der Waals surface area contributed by atoms with Gasteiger partial charge in [0.1, 0.15) is 12.6 Å². The van der Waals surface area contributed by atoms with Gasteiger partial charge in [0, 0.05) is 12.6 Å². The smallest absolute Gasteiger partial charge is 0.264 e. The van der Waals surface area contributed by atoms with Gasteiger partial charge in [0.2, 0.25) is 11.8 Å². The quantitative estimate of drug-likeness (QED) is 0.381. The molecule has 7 nitrogen and oxygen atoms in total. The molecular formula is C30H37N3O4S. The molecule has 3 aromatic rings. The van der Waals surface area contributed by atoms with E-state index in [2.05, 4.69) is 5.32 Å². The molecule has 0 spiro atoms. The van der Waals surface area contributed by atoms with Gasteiger partial charge in [0.15, 0.2) is 0 Å². The lowest BCUT2D eigenvalue weighted by Gasteiger charge is -2.33. The lowest BCUT2D eigenvalue weighted by Crippen LogP contribution is -2.53. The summed E-state index contributed by atoms with van der Waals surface area (Å²) < 4.78 is 28.7. The molecule has 38 heavy (non-hydrogen) atoms. The molecule has 0 aliphatic carbocycles. The van der Waals surface area contributed by atoms with Crippen LogP contribution in [0.2, 0.25) is 0 Å². The first kappa shape index (κ1) is 28.9. The van der Waals surface area contributed by atoms with Crippen LogP contribution >= 0.6 is 0 Å². The highest BCUT2D eigenvalue weighted by atomic mass is 32.2. The van der Waals surface area contributed by atoms with Crippen LogP contribution in [0.4, 0.5) is 5.69 Å². The van der Waals surface area contributed by atoms with Crippen LogP contribution in [0.15, 0.2) is 83.8 Å². The van der Waals surface area contributed by atoms with E-state index < -0.39 is 28.5 Å². The third-order valence-corrected chi connectivity index (χ3v) is 7.97. The van der Waals surface area contributed by atoms with Gasteiger partial charge in [-0.25, -0.2) is 8.42 Å². The first-order valence-corrected chi connectivity index (χ1v) is 14.3. The maximum Gasteiger partial charge on any atom is 0.264 e. The molecule has 0 fully saturated rings. The first-order chi connectivity index (χ1) is 18.0. The molecule has 3 rings (SSSR count). The van der Waals surface area contributed by atoms with Gasteiger partial charge < -0.3 is 10.2 Å². The van der Waals surface area contributed by atoms with Crippen molar-refractivity contribution in [1.82, 2.24) is 10.2 Å². The Labute approximate surface area is 226 Å². The Hall–Kier alpha value is -3.65. The van der Waals surface area contributed by atoms with Crippen molar-refractivity contribution in [1.29, 1.82) is 0 Å². The predicted octanol–water partition coefficient (Wildman–Crippen LogP) is 4.83. The Morgan fingerprint density at radius 2 is 1.53 bits per heavy atom. The molecular weight excluding hydrogens is 498 g/mol. The van der Waals surface area contributed by atoms with Gasteiger partial charge in [0.25, 0.3) is 10.0 Å². The lowest BCUT2D eigenvalue weighted by atomic mass is 10.1. The fraction of sp³-hybridized carbons (Fsp3) is 0.333. The maximum atomic E-state index is 14.0. The molecule has 0 heterocycles. The van der Waals surface area contributed by atoms with Crippen molar-refractivity contribution >= 4 is 27.5 Å². The van der Waals surface area contributed by atoms with Gasteiger partial charge in [-0.3, -0.25) is 13.9 Å². The van der Waals surface area contributed by atoms with Crippen LogP contribution in [0.5, 0.6) is 0 Å². The van der Waals surface area contributed by atoms with E-state index in [1.165, 1.54) is 17.0 Å². The summed E-state index contributed by atoms with van der Waals surface area (Å²) in [6.07, 6.45) is 0.381.